The van der Waals surface area contributed by atoms with Gasteiger partial charge in [-0.2, -0.15) is 9.50 Å². The van der Waals surface area contributed by atoms with E-state index >= 15 is 0 Å². The molecule has 10 nitrogen and oxygen atoms in total. The van der Waals surface area contributed by atoms with E-state index in [1.54, 1.807) is 4.52 Å². The average Bonchev–Trinajstić information content (AvgIpc) is 3.55. The van der Waals surface area contributed by atoms with Crippen LogP contribution in [0.25, 0.3) is 17.2 Å². The highest BCUT2D eigenvalue weighted by Gasteiger charge is 2.27. The summed E-state index contributed by atoms with van der Waals surface area (Å²) in [6.07, 6.45) is 4.82. The maximum atomic E-state index is 6.43. The fourth-order valence-electron chi connectivity index (χ4n) is 5.31. The molecule has 198 valence electrons. The van der Waals surface area contributed by atoms with Gasteiger partial charge < -0.3 is 14.5 Å². The Bertz CT molecular complexity index is 1410. The Kier molecular flexibility index (Phi) is 6.67. The van der Waals surface area contributed by atoms with Gasteiger partial charge in [0.2, 0.25) is 0 Å². The summed E-state index contributed by atoms with van der Waals surface area (Å²) >= 11 is 0. The van der Waals surface area contributed by atoms with E-state index in [9.17, 15) is 0 Å². The molecule has 2 fully saturated rings. The predicted octanol–water partition coefficient (Wildman–Crippen LogP) is 2.91. The Morgan fingerprint density at radius 1 is 0.921 bits per heavy atom. The Balaban J connectivity index is 1.08. The fraction of sp³-hybridized carbons (Fsp3) is 0.464. The molecule has 3 aromatic heterocycles. The summed E-state index contributed by atoms with van der Waals surface area (Å²) in [6, 6.07) is 8.66. The molecule has 2 aliphatic heterocycles. The van der Waals surface area contributed by atoms with E-state index in [4.69, 9.17) is 4.74 Å². The van der Waals surface area contributed by atoms with Gasteiger partial charge in [-0.05, 0) is 33.4 Å². The van der Waals surface area contributed by atoms with E-state index in [-0.39, 0.29) is 6.10 Å². The van der Waals surface area contributed by atoms with Crippen molar-refractivity contribution in [1.82, 2.24) is 39.3 Å². The van der Waals surface area contributed by atoms with Crippen LogP contribution in [-0.4, -0.2) is 91.8 Å². The lowest BCUT2D eigenvalue weighted by Crippen LogP contribution is -2.43. The monoisotopic (exact) mass is 513 g/mol. The minimum absolute atomic E-state index is 0.0591. The minimum Gasteiger partial charge on any atom is -0.485 e. The van der Waals surface area contributed by atoms with Crippen LogP contribution in [0.3, 0.4) is 0 Å². The third kappa shape index (κ3) is 5.06. The van der Waals surface area contributed by atoms with Crippen molar-refractivity contribution in [3.8, 4) is 17.1 Å². The van der Waals surface area contributed by atoms with Gasteiger partial charge in [0, 0.05) is 51.3 Å². The maximum absolute atomic E-state index is 6.43. The molecule has 38 heavy (non-hydrogen) atoms. The molecule has 6 rings (SSSR count). The number of ether oxygens (including phenoxy) is 1. The largest absolute Gasteiger partial charge is 0.485 e. The van der Waals surface area contributed by atoms with E-state index in [1.165, 1.54) is 5.56 Å². The van der Waals surface area contributed by atoms with Crippen LogP contribution in [0.15, 0.2) is 36.7 Å². The van der Waals surface area contributed by atoms with Gasteiger partial charge in [-0.1, -0.05) is 24.3 Å². The second kappa shape index (κ2) is 10.3. The Hall–Kier alpha value is -3.63. The number of rotatable bonds is 6. The standard InChI is InChI=1S/C28H35N9O/c1-19-26(20(2)37-28(31-19)32-21(3)33-37)38-25-9-10-36(18-25)24-15-29-27(30-16-24)23-7-5-22(6-8-23)17-35-13-11-34(4)12-14-35/h5-8,15-16,25H,9-14,17-18H2,1-4H3/t25-/m1/s1. The molecule has 0 unspecified atom stereocenters. The van der Waals surface area contributed by atoms with Crippen LogP contribution in [0.5, 0.6) is 5.75 Å². The van der Waals surface area contributed by atoms with Crippen molar-refractivity contribution in [2.75, 3.05) is 51.2 Å². The number of hydrogen-bond acceptors (Lipinski definition) is 9. The molecule has 2 aliphatic rings. The van der Waals surface area contributed by atoms with E-state index < -0.39 is 0 Å². The first-order valence-electron chi connectivity index (χ1n) is 13.4. The van der Waals surface area contributed by atoms with Crippen molar-refractivity contribution in [2.45, 2.75) is 39.8 Å². The number of benzene rings is 1. The number of piperazine rings is 1. The van der Waals surface area contributed by atoms with Crippen LogP contribution in [0.2, 0.25) is 0 Å². The smallest absolute Gasteiger partial charge is 0.253 e. The minimum atomic E-state index is 0.0591. The molecule has 0 spiro atoms. The van der Waals surface area contributed by atoms with Crippen molar-refractivity contribution in [3.05, 3.63) is 59.4 Å². The number of fused-ring (bicyclic) bond motifs is 1. The molecule has 0 N–H and O–H groups in total. The predicted molar refractivity (Wildman–Crippen MR) is 146 cm³/mol. The zero-order valence-electron chi connectivity index (χ0n) is 22.6. The molecule has 0 bridgehead atoms. The van der Waals surface area contributed by atoms with E-state index in [0.717, 1.165) is 86.4 Å². The molecule has 5 heterocycles. The zero-order chi connectivity index (χ0) is 26.2. The lowest BCUT2D eigenvalue weighted by Gasteiger charge is -2.32. The quantitative estimate of drug-likeness (QED) is 0.386. The molecule has 10 heteroatoms. The normalized spacial score (nSPS) is 18.9. The van der Waals surface area contributed by atoms with Crippen molar-refractivity contribution < 1.29 is 4.74 Å². The van der Waals surface area contributed by atoms with Crippen molar-refractivity contribution in [3.63, 3.8) is 0 Å². The number of likely N-dealkylation sites (N-methyl/N-ethyl adjacent to an activating group) is 1. The highest BCUT2D eigenvalue weighted by atomic mass is 16.5. The van der Waals surface area contributed by atoms with Crippen molar-refractivity contribution in [1.29, 1.82) is 0 Å². The molecular formula is C28H35N9O. The number of aromatic nitrogens is 6. The second-order valence-corrected chi connectivity index (χ2v) is 10.5. The summed E-state index contributed by atoms with van der Waals surface area (Å²) in [5.41, 5.74) is 5.15. The topological polar surface area (TPSA) is 87.8 Å². The Morgan fingerprint density at radius 3 is 2.39 bits per heavy atom. The van der Waals surface area contributed by atoms with Gasteiger partial charge in [0.15, 0.2) is 11.6 Å². The summed E-state index contributed by atoms with van der Waals surface area (Å²) < 4.78 is 8.19. The molecule has 0 saturated carbocycles. The Morgan fingerprint density at radius 2 is 1.66 bits per heavy atom. The number of hydrogen-bond donors (Lipinski definition) is 0. The van der Waals surface area contributed by atoms with Crippen LogP contribution in [0.1, 0.15) is 29.2 Å². The van der Waals surface area contributed by atoms with E-state index in [0.29, 0.717) is 11.6 Å². The molecule has 4 aromatic rings. The van der Waals surface area contributed by atoms with E-state index in [2.05, 4.69) is 71.0 Å². The second-order valence-electron chi connectivity index (χ2n) is 10.5. The lowest BCUT2D eigenvalue weighted by atomic mass is 10.1. The molecular weight excluding hydrogens is 478 g/mol. The molecule has 0 amide bonds. The van der Waals surface area contributed by atoms with Crippen LogP contribution >= 0.6 is 0 Å². The first kappa shape index (κ1) is 24.7. The van der Waals surface area contributed by atoms with Crippen LogP contribution < -0.4 is 9.64 Å². The molecule has 1 atom stereocenters. The van der Waals surface area contributed by atoms with Crippen molar-refractivity contribution >= 4 is 11.5 Å². The summed E-state index contributed by atoms with van der Waals surface area (Å²) in [5, 5.41) is 4.45. The highest BCUT2D eigenvalue weighted by molar-refractivity contribution is 5.57. The first-order chi connectivity index (χ1) is 18.4. The molecule has 1 aromatic carbocycles. The Labute approximate surface area is 223 Å². The molecule has 0 aliphatic carbocycles. The SMILES string of the molecule is Cc1nc2nc(C)c(O[C@@H]3CCN(c4cnc(-c5ccc(CN6CCN(C)CC6)cc5)nc4)C3)c(C)n2n1. The van der Waals surface area contributed by atoms with Crippen LogP contribution in [0, 0.1) is 20.8 Å². The van der Waals surface area contributed by atoms with Crippen LogP contribution in [0.4, 0.5) is 5.69 Å². The average molecular weight is 514 g/mol. The van der Waals surface area contributed by atoms with Gasteiger partial charge in [-0.3, -0.25) is 4.90 Å². The highest BCUT2D eigenvalue weighted by Crippen LogP contribution is 2.28. The number of nitrogens with zero attached hydrogens (tertiary/aromatic N) is 9. The summed E-state index contributed by atoms with van der Waals surface area (Å²) in [7, 11) is 2.19. The maximum Gasteiger partial charge on any atom is 0.253 e. The summed E-state index contributed by atoms with van der Waals surface area (Å²) in [6.45, 7) is 13.0. The third-order valence-electron chi connectivity index (χ3n) is 7.59. The molecule has 0 radical (unpaired) electrons. The lowest BCUT2D eigenvalue weighted by molar-refractivity contribution is 0.148. The van der Waals surface area contributed by atoms with Crippen LogP contribution in [-0.2, 0) is 6.54 Å². The van der Waals surface area contributed by atoms with Gasteiger partial charge in [0.05, 0.1) is 36.0 Å². The third-order valence-corrected chi connectivity index (χ3v) is 7.59. The first-order valence-corrected chi connectivity index (χ1v) is 13.4. The number of anilines is 1. The van der Waals surface area contributed by atoms with Gasteiger partial charge >= 0.3 is 0 Å². The van der Waals surface area contributed by atoms with E-state index in [1.807, 2.05) is 33.2 Å². The fourth-order valence-corrected chi connectivity index (χ4v) is 5.31. The van der Waals surface area contributed by atoms with Crippen molar-refractivity contribution in [2.24, 2.45) is 0 Å². The van der Waals surface area contributed by atoms with Gasteiger partial charge in [-0.15, -0.1) is 5.10 Å². The number of aryl methyl sites for hydroxylation is 3. The van der Waals surface area contributed by atoms with Gasteiger partial charge in [0.1, 0.15) is 11.9 Å². The zero-order valence-corrected chi connectivity index (χ0v) is 22.6. The summed E-state index contributed by atoms with van der Waals surface area (Å²) in [4.78, 5) is 25.5. The van der Waals surface area contributed by atoms with Gasteiger partial charge in [0.25, 0.3) is 5.78 Å². The summed E-state index contributed by atoms with van der Waals surface area (Å²) in [5.74, 6) is 2.85. The molecule has 2 saturated heterocycles. The van der Waals surface area contributed by atoms with Gasteiger partial charge in [-0.25, -0.2) is 15.0 Å².